The number of anilines is 1. The van der Waals surface area contributed by atoms with Crippen molar-refractivity contribution in [1.29, 1.82) is 0 Å². The monoisotopic (exact) mass is 246 g/mol. The lowest BCUT2D eigenvalue weighted by Gasteiger charge is -2.28. The molecule has 0 spiro atoms. The molecule has 1 aliphatic rings. The van der Waals surface area contributed by atoms with Crippen molar-refractivity contribution in [2.24, 2.45) is 11.7 Å². The van der Waals surface area contributed by atoms with Crippen molar-refractivity contribution in [1.82, 2.24) is 0 Å². The van der Waals surface area contributed by atoms with Gasteiger partial charge in [-0.25, -0.2) is 0 Å². The molecule has 0 atom stereocenters. The van der Waals surface area contributed by atoms with Crippen LogP contribution >= 0.6 is 0 Å². The van der Waals surface area contributed by atoms with E-state index >= 15 is 0 Å². The molecule has 1 amide bonds. The number of hydrogen-bond donors (Lipinski definition) is 2. The van der Waals surface area contributed by atoms with Gasteiger partial charge in [-0.15, -0.1) is 0 Å². The number of nitrogens with two attached hydrogens (primary N) is 1. The molecule has 98 valence electrons. The second-order valence-electron chi connectivity index (χ2n) is 5.50. The third-order valence-corrected chi connectivity index (χ3v) is 3.89. The maximum Gasteiger partial charge on any atom is 0.248 e. The second-order valence-corrected chi connectivity index (χ2v) is 5.50. The maximum absolute atomic E-state index is 11.1. The van der Waals surface area contributed by atoms with E-state index in [0.29, 0.717) is 11.6 Å². The molecule has 0 bridgehead atoms. The van der Waals surface area contributed by atoms with Crippen LogP contribution in [0.2, 0.25) is 0 Å². The first kappa shape index (κ1) is 12.9. The Balaban J connectivity index is 2.03. The molecule has 0 aromatic heterocycles. The minimum atomic E-state index is -0.365. The van der Waals surface area contributed by atoms with E-state index in [2.05, 4.69) is 12.2 Å². The van der Waals surface area contributed by atoms with E-state index in [1.165, 1.54) is 25.7 Å². The fourth-order valence-electron chi connectivity index (χ4n) is 2.60. The van der Waals surface area contributed by atoms with Crippen LogP contribution in [0.1, 0.15) is 48.5 Å². The lowest BCUT2D eigenvalue weighted by molar-refractivity contribution is 0.1000. The second kappa shape index (κ2) is 5.42. The van der Waals surface area contributed by atoms with Gasteiger partial charge < -0.3 is 11.1 Å². The summed E-state index contributed by atoms with van der Waals surface area (Å²) in [6.07, 6.45) is 5.07. The molecule has 18 heavy (non-hydrogen) atoms. The van der Waals surface area contributed by atoms with Crippen LogP contribution in [0.25, 0.3) is 0 Å². The highest BCUT2D eigenvalue weighted by molar-refractivity contribution is 5.93. The Kier molecular flexibility index (Phi) is 3.90. The van der Waals surface area contributed by atoms with Gasteiger partial charge in [-0.2, -0.15) is 0 Å². The maximum atomic E-state index is 11.1. The average molecular weight is 246 g/mol. The van der Waals surface area contributed by atoms with Gasteiger partial charge in [-0.05, 0) is 62.3 Å². The normalized spacial score (nSPS) is 23.7. The summed E-state index contributed by atoms with van der Waals surface area (Å²) in [4.78, 5) is 11.1. The van der Waals surface area contributed by atoms with Gasteiger partial charge in [0.05, 0.1) is 0 Å². The van der Waals surface area contributed by atoms with E-state index in [4.69, 9.17) is 5.73 Å². The van der Waals surface area contributed by atoms with Crippen molar-refractivity contribution in [3.05, 3.63) is 29.3 Å². The van der Waals surface area contributed by atoms with Gasteiger partial charge in [-0.1, -0.05) is 6.92 Å². The van der Waals surface area contributed by atoms with Crippen molar-refractivity contribution >= 4 is 11.6 Å². The van der Waals surface area contributed by atoms with Crippen LogP contribution in [0.15, 0.2) is 18.2 Å². The fourth-order valence-corrected chi connectivity index (χ4v) is 2.60. The van der Waals surface area contributed by atoms with Crippen LogP contribution in [0.3, 0.4) is 0 Å². The van der Waals surface area contributed by atoms with E-state index in [1.807, 2.05) is 19.1 Å². The molecule has 0 aliphatic heterocycles. The van der Waals surface area contributed by atoms with Crippen molar-refractivity contribution in [2.45, 2.75) is 45.6 Å². The summed E-state index contributed by atoms with van der Waals surface area (Å²) >= 11 is 0. The van der Waals surface area contributed by atoms with Gasteiger partial charge in [0.25, 0.3) is 0 Å². The fraction of sp³-hybridized carbons (Fsp3) is 0.533. The van der Waals surface area contributed by atoms with Gasteiger partial charge in [0.2, 0.25) is 5.91 Å². The van der Waals surface area contributed by atoms with Crippen LogP contribution in [-0.4, -0.2) is 11.9 Å². The Hall–Kier alpha value is -1.51. The molecule has 0 saturated heterocycles. The highest BCUT2D eigenvalue weighted by atomic mass is 16.1. The first-order valence-corrected chi connectivity index (χ1v) is 6.73. The van der Waals surface area contributed by atoms with Gasteiger partial charge in [0, 0.05) is 17.3 Å². The van der Waals surface area contributed by atoms with Crippen LogP contribution in [-0.2, 0) is 0 Å². The van der Waals surface area contributed by atoms with Crippen LogP contribution in [0.5, 0.6) is 0 Å². The molecule has 0 heterocycles. The summed E-state index contributed by atoms with van der Waals surface area (Å²) in [7, 11) is 0. The van der Waals surface area contributed by atoms with Gasteiger partial charge in [-0.3, -0.25) is 4.79 Å². The van der Waals surface area contributed by atoms with E-state index in [-0.39, 0.29) is 5.91 Å². The SMILES string of the molecule is Cc1cc(C(N)=O)ccc1NC1CCC(C)CC1. The highest BCUT2D eigenvalue weighted by Gasteiger charge is 2.18. The zero-order valence-electron chi connectivity index (χ0n) is 11.2. The van der Waals surface area contributed by atoms with Crippen molar-refractivity contribution in [3.8, 4) is 0 Å². The minimum Gasteiger partial charge on any atom is -0.382 e. The third kappa shape index (κ3) is 3.03. The van der Waals surface area contributed by atoms with E-state index in [0.717, 1.165) is 17.2 Å². The molecule has 1 aromatic carbocycles. The smallest absolute Gasteiger partial charge is 0.248 e. The summed E-state index contributed by atoms with van der Waals surface area (Å²) in [6.45, 7) is 4.34. The molecule has 1 aliphatic carbocycles. The van der Waals surface area contributed by atoms with Gasteiger partial charge in [0.15, 0.2) is 0 Å². The van der Waals surface area contributed by atoms with Gasteiger partial charge >= 0.3 is 0 Å². The number of benzene rings is 1. The third-order valence-electron chi connectivity index (χ3n) is 3.89. The molecule has 3 nitrogen and oxygen atoms in total. The summed E-state index contributed by atoms with van der Waals surface area (Å²) in [5.74, 6) is 0.498. The van der Waals surface area contributed by atoms with Gasteiger partial charge in [0.1, 0.15) is 0 Å². The number of rotatable bonds is 3. The molecule has 3 heteroatoms. The zero-order valence-corrected chi connectivity index (χ0v) is 11.2. The van der Waals surface area contributed by atoms with Crippen LogP contribution in [0.4, 0.5) is 5.69 Å². The summed E-state index contributed by atoms with van der Waals surface area (Å²) < 4.78 is 0. The number of hydrogen-bond acceptors (Lipinski definition) is 2. The Bertz CT molecular complexity index is 434. The molecular weight excluding hydrogens is 224 g/mol. The van der Waals surface area contributed by atoms with E-state index in [1.54, 1.807) is 6.07 Å². The zero-order chi connectivity index (χ0) is 13.1. The van der Waals surface area contributed by atoms with Crippen LogP contribution in [0, 0.1) is 12.8 Å². The number of carbonyl (C=O) groups excluding carboxylic acids is 1. The van der Waals surface area contributed by atoms with Crippen molar-refractivity contribution in [3.63, 3.8) is 0 Å². The molecule has 3 N–H and O–H groups in total. The molecule has 1 fully saturated rings. The number of aryl methyl sites for hydroxylation is 1. The average Bonchev–Trinajstić information content (AvgIpc) is 2.34. The Morgan fingerprint density at radius 3 is 2.50 bits per heavy atom. The number of primary amides is 1. The van der Waals surface area contributed by atoms with Crippen molar-refractivity contribution in [2.75, 3.05) is 5.32 Å². The molecule has 0 radical (unpaired) electrons. The molecule has 1 aromatic rings. The topological polar surface area (TPSA) is 55.1 Å². The number of amides is 1. The Morgan fingerprint density at radius 1 is 1.28 bits per heavy atom. The largest absolute Gasteiger partial charge is 0.382 e. The molecule has 0 unspecified atom stereocenters. The Morgan fingerprint density at radius 2 is 1.94 bits per heavy atom. The van der Waals surface area contributed by atoms with E-state index in [9.17, 15) is 4.79 Å². The lowest BCUT2D eigenvalue weighted by atomic mass is 9.87. The number of carbonyl (C=O) groups is 1. The first-order valence-electron chi connectivity index (χ1n) is 6.73. The highest BCUT2D eigenvalue weighted by Crippen LogP contribution is 2.27. The minimum absolute atomic E-state index is 0.365. The standard InChI is InChI=1S/C15H22N2O/c1-10-3-6-13(7-4-10)17-14-8-5-12(15(16)18)9-11(14)2/h5,8-10,13,17H,3-4,6-7H2,1-2H3,(H2,16,18). The van der Waals surface area contributed by atoms with E-state index < -0.39 is 0 Å². The molecular formula is C15H22N2O. The summed E-state index contributed by atoms with van der Waals surface area (Å²) in [6, 6.07) is 6.19. The first-order chi connectivity index (χ1) is 8.56. The predicted molar refractivity (Wildman–Crippen MR) is 74.7 cm³/mol. The molecule has 1 saturated carbocycles. The predicted octanol–water partition coefficient (Wildman–Crippen LogP) is 3.08. The quantitative estimate of drug-likeness (QED) is 0.861. The van der Waals surface area contributed by atoms with Crippen molar-refractivity contribution < 1.29 is 4.79 Å². The Labute approximate surface area is 109 Å². The summed E-state index contributed by atoms with van der Waals surface area (Å²) in [5.41, 5.74) is 8.06. The lowest BCUT2D eigenvalue weighted by Crippen LogP contribution is -2.25. The molecule has 2 rings (SSSR count). The number of nitrogens with one attached hydrogen (secondary N) is 1. The van der Waals surface area contributed by atoms with Crippen LogP contribution < -0.4 is 11.1 Å². The summed E-state index contributed by atoms with van der Waals surface area (Å²) in [5, 5.41) is 3.58.